The third kappa shape index (κ3) is 5.58. The molecule has 0 bridgehead atoms. The summed E-state index contributed by atoms with van der Waals surface area (Å²) in [6.45, 7) is 9.58. The van der Waals surface area contributed by atoms with E-state index in [0.717, 1.165) is 17.1 Å². The molecule has 23 heavy (non-hydrogen) atoms. The topological polar surface area (TPSA) is 78.9 Å². The minimum atomic E-state index is -0.115. The number of aryl methyl sites for hydroxylation is 1. The molecule has 0 fully saturated rings. The summed E-state index contributed by atoms with van der Waals surface area (Å²) in [4.78, 5) is 20.0. The van der Waals surface area contributed by atoms with Crippen LogP contribution >= 0.6 is 0 Å². The van der Waals surface area contributed by atoms with E-state index in [9.17, 15) is 4.79 Å². The lowest BCUT2D eigenvalue weighted by molar-refractivity contribution is -0.114. The van der Waals surface area contributed by atoms with E-state index >= 15 is 0 Å². The Kier molecular flexibility index (Phi) is 4.83. The molecule has 1 heterocycles. The monoisotopic (exact) mass is 313 g/mol. The number of amides is 1. The number of rotatable bonds is 4. The molecule has 0 atom stereocenters. The maximum atomic E-state index is 11.1. The molecular weight excluding hydrogens is 290 g/mol. The summed E-state index contributed by atoms with van der Waals surface area (Å²) in [7, 11) is 0. The number of hydrogen-bond acceptors (Lipinski definition) is 5. The molecule has 2 aromatic rings. The third-order valence-corrected chi connectivity index (χ3v) is 2.80. The van der Waals surface area contributed by atoms with Crippen LogP contribution in [0.15, 0.2) is 30.3 Å². The van der Waals surface area contributed by atoms with Crippen molar-refractivity contribution in [1.29, 1.82) is 0 Å². The average Bonchev–Trinajstić information content (AvgIpc) is 2.35. The number of aromatic nitrogens is 2. The molecule has 0 aliphatic heterocycles. The third-order valence-electron chi connectivity index (χ3n) is 2.80. The Balaban J connectivity index is 2.21. The predicted molar refractivity (Wildman–Crippen MR) is 94.2 cm³/mol. The van der Waals surface area contributed by atoms with Crippen molar-refractivity contribution < 1.29 is 4.79 Å². The van der Waals surface area contributed by atoms with Crippen LogP contribution in [-0.2, 0) is 4.79 Å². The lowest BCUT2D eigenvalue weighted by atomic mass is 10.1. The van der Waals surface area contributed by atoms with Crippen molar-refractivity contribution in [2.75, 3.05) is 16.0 Å². The first-order chi connectivity index (χ1) is 10.7. The van der Waals surface area contributed by atoms with Crippen LogP contribution in [0.5, 0.6) is 0 Å². The zero-order valence-corrected chi connectivity index (χ0v) is 14.2. The SMILES string of the molecule is CC(=O)Nc1cccc(Nc2cc(C)nc(NC(C)(C)C)n2)c1. The van der Waals surface area contributed by atoms with Gasteiger partial charge in [-0.15, -0.1) is 0 Å². The molecule has 0 aliphatic rings. The standard InChI is InChI=1S/C17H23N5O/c1-11-9-15(21-16(18-11)22-17(3,4)5)20-14-8-6-7-13(10-14)19-12(2)23/h6-10H,1-5H3,(H,19,23)(H2,18,20,21,22). The Morgan fingerprint density at radius 3 is 2.43 bits per heavy atom. The van der Waals surface area contributed by atoms with Gasteiger partial charge >= 0.3 is 0 Å². The molecule has 6 nitrogen and oxygen atoms in total. The summed E-state index contributed by atoms with van der Waals surface area (Å²) in [6.07, 6.45) is 0. The van der Waals surface area contributed by atoms with Crippen LogP contribution < -0.4 is 16.0 Å². The average molecular weight is 313 g/mol. The van der Waals surface area contributed by atoms with E-state index in [-0.39, 0.29) is 11.4 Å². The molecule has 6 heteroatoms. The van der Waals surface area contributed by atoms with Gasteiger partial charge in [-0.2, -0.15) is 4.98 Å². The van der Waals surface area contributed by atoms with Gasteiger partial charge in [0.1, 0.15) is 5.82 Å². The highest BCUT2D eigenvalue weighted by Gasteiger charge is 2.12. The van der Waals surface area contributed by atoms with E-state index < -0.39 is 0 Å². The smallest absolute Gasteiger partial charge is 0.225 e. The fraction of sp³-hybridized carbons (Fsp3) is 0.353. The zero-order valence-electron chi connectivity index (χ0n) is 14.2. The minimum Gasteiger partial charge on any atom is -0.350 e. The van der Waals surface area contributed by atoms with E-state index in [1.807, 2.05) is 37.3 Å². The van der Waals surface area contributed by atoms with Crippen LogP contribution in [0.2, 0.25) is 0 Å². The Morgan fingerprint density at radius 1 is 1.09 bits per heavy atom. The van der Waals surface area contributed by atoms with Gasteiger partial charge in [-0.3, -0.25) is 4.79 Å². The summed E-state index contributed by atoms with van der Waals surface area (Å²) < 4.78 is 0. The van der Waals surface area contributed by atoms with Gasteiger partial charge in [0.15, 0.2) is 0 Å². The first-order valence-electron chi connectivity index (χ1n) is 7.50. The maximum Gasteiger partial charge on any atom is 0.225 e. The zero-order chi connectivity index (χ0) is 17.0. The van der Waals surface area contributed by atoms with Gasteiger partial charge in [0.2, 0.25) is 11.9 Å². The highest BCUT2D eigenvalue weighted by atomic mass is 16.1. The molecule has 2 rings (SSSR count). The maximum absolute atomic E-state index is 11.1. The molecule has 122 valence electrons. The van der Waals surface area contributed by atoms with Crippen LogP contribution in [-0.4, -0.2) is 21.4 Å². The van der Waals surface area contributed by atoms with Gasteiger partial charge in [0.05, 0.1) is 0 Å². The van der Waals surface area contributed by atoms with E-state index in [4.69, 9.17) is 0 Å². The van der Waals surface area contributed by atoms with Crippen LogP contribution in [0.3, 0.4) is 0 Å². The van der Waals surface area contributed by atoms with Crippen LogP contribution in [0.1, 0.15) is 33.4 Å². The Hall–Kier alpha value is -2.63. The molecule has 0 spiro atoms. The number of benzene rings is 1. The second kappa shape index (κ2) is 6.64. The first-order valence-corrected chi connectivity index (χ1v) is 7.50. The number of nitrogens with one attached hydrogen (secondary N) is 3. The predicted octanol–water partition coefficient (Wildman–Crippen LogP) is 3.70. The van der Waals surface area contributed by atoms with E-state index in [1.165, 1.54) is 6.92 Å². The van der Waals surface area contributed by atoms with Gasteiger partial charge in [0.25, 0.3) is 0 Å². The lowest BCUT2D eigenvalue weighted by Crippen LogP contribution is -2.27. The molecular formula is C17H23N5O. The number of anilines is 4. The van der Waals surface area contributed by atoms with Crippen molar-refractivity contribution in [2.24, 2.45) is 0 Å². The number of carbonyl (C=O) groups is 1. The largest absolute Gasteiger partial charge is 0.350 e. The quantitative estimate of drug-likeness (QED) is 0.802. The van der Waals surface area contributed by atoms with Crippen LogP contribution in [0.4, 0.5) is 23.1 Å². The Labute approximate surface area is 136 Å². The molecule has 0 saturated heterocycles. The van der Waals surface area contributed by atoms with Gasteiger partial charge < -0.3 is 16.0 Å². The molecule has 1 aromatic heterocycles. The number of hydrogen-bond donors (Lipinski definition) is 3. The molecule has 0 saturated carbocycles. The highest BCUT2D eigenvalue weighted by Crippen LogP contribution is 2.21. The summed E-state index contributed by atoms with van der Waals surface area (Å²) >= 11 is 0. The van der Waals surface area contributed by atoms with Crippen molar-refractivity contribution >= 4 is 29.0 Å². The second-order valence-corrected chi connectivity index (χ2v) is 6.48. The van der Waals surface area contributed by atoms with Crippen LogP contribution in [0, 0.1) is 6.92 Å². The minimum absolute atomic E-state index is 0.100. The Bertz CT molecular complexity index is 706. The van der Waals surface area contributed by atoms with E-state index in [2.05, 4.69) is 46.7 Å². The van der Waals surface area contributed by atoms with Crippen molar-refractivity contribution in [1.82, 2.24) is 9.97 Å². The molecule has 1 aromatic carbocycles. The number of carbonyl (C=O) groups excluding carboxylic acids is 1. The molecule has 0 aliphatic carbocycles. The molecule has 0 radical (unpaired) electrons. The van der Waals surface area contributed by atoms with Crippen molar-refractivity contribution in [2.45, 2.75) is 40.2 Å². The Morgan fingerprint density at radius 2 is 1.78 bits per heavy atom. The van der Waals surface area contributed by atoms with Crippen LogP contribution in [0.25, 0.3) is 0 Å². The van der Waals surface area contributed by atoms with E-state index in [0.29, 0.717) is 11.8 Å². The normalized spacial score (nSPS) is 11.0. The lowest BCUT2D eigenvalue weighted by Gasteiger charge is -2.21. The fourth-order valence-corrected chi connectivity index (χ4v) is 2.05. The first kappa shape index (κ1) is 16.7. The number of nitrogens with zero attached hydrogens (tertiary/aromatic N) is 2. The van der Waals surface area contributed by atoms with Gasteiger partial charge in [-0.1, -0.05) is 6.07 Å². The summed E-state index contributed by atoms with van der Waals surface area (Å²) in [5.74, 6) is 1.18. The van der Waals surface area contributed by atoms with Gasteiger partial charge in [-0.25, -0.2) is 4.98 Å². The summed E-state index contributed by atoms with van der Waals surface area (Å²) in [6, 6.07) is 9.36. The molecule has 1 amide bonds. The van der Waals surface area contributed by atoms with E-state index in [1.54, 1.807) is 0 Å². The van der Waals surface area contributed by atoms with Crippen molar-refractivity contribution in [3.63, 3.8) is 0 Å². The van der Waals surface area contributed by atoms with Gasteiger partial charge in [-0.05, 0) is 45.9 Å². The van der Waals surface area contributed by atoms with Crippen molar-refractivity contribution in [3.8, 4) is 0 Å². The summed E-state index contributed by atoms with van der Waals surface area (Å²) in [5, 5.41) is 9.27. The fourth-order valence-electron chi connectivity index (χ4n) is 2.05. The highest BCUT2D eigenvalue weighted by molar-refractivity contribution is 5.89. The van der Waals surface area contributed by atoms with Gasteiger partial charge in [0, 0.05) is 35.6 Å². The second-order valence-electron chi connectivity index (χ2n) is 6.48. The molecule has 0 unspecified atom stereocenters. The van der Waals surface area contributed by atoms with Crippen molar-refractivity contribution in [3.05, 3.63) is 36.0 Å². The summed E-state index contributed by atoms with van der Waals surface area (Å²) in [5.41, 5.74) is 2.33. The molecule has 3 N–H and O–H groups in total.